The molecule has 0 spiro atoms. The molecule has 0 aliphatic carbocycles. The lowest BCUT2D eigenvalue weighted by atomic mass is 10.2. The molecule has 0 unspecified atom stereocenters. The molecule has 3 nitrogen and oxygen atoms in total. The second-order valence-corrected chi connectivity index (χ2v) is 3.68. The van der Waals surface area contributed by atoms with E-state index < -0.39 is 11.8 Å². The molecule has 1 N–H and O–H groups in total. The topological polar surface area (TPSA) is 46.5 Å². The van der Waals surface area contributed by atoms with Crippen molar-refractivity contribution in [3.05, 3.63) is 41.4 Å². The van der Waals surface area contributed by atoms with Crippen molar-refractivity contribution >= 4 is 21.9 Å². The van der Waals surface area contributed by atoms with Crippen molar-refractivity contribution < 1.29 is 19.0 Å². The molecule has 0 heterocycles. The molecule has 0 aliphatic rings. The number of carboxylic acids is 1. The van der Waals surface area contributed by atoms with E-state index >= 15 is 0 Å². The van der Waals surface area contributed by atoms with Crippen LogP contribution in [0, 0.1) is 12.7 Å². The summed E-state index contributed by atoms with van der Waals surface area (Å²) in [5.74, 6) is -1.51. The van der Waals surface area contributed by atoms with E-state index in [0.717, 1.165) is 11.6 Å². The molecule has 0 saturated carbocycles. The van der Waals surface area contributed by atoms with Crippen LogP contribution in [0.1, 0.15) is 5.56 Å². The maximum Gasteiger partial charge on any atom is 0.331 e. The van der Waals surface area contributed by atoms with Crippen LogP contribution in [-0.2, 0) is 4.79 Å². The Morgan fingerprint density at radius 3 is 2.88 bits per heavy atom. The summed E-state index contributed by atoms with van der Waals surface area (Å²) in [4.78, 5) is 10.4. The van der Waals surface area contributed by atoms with Crippen LogP contribution in [0.5, 0.6) is 5.75 Å². The van der Waals surface area contributed by atoms with Gasteiger partial charge in [0, 0.05) is 0 Å². The van der Waals surface area contributed by atoms with Gasteiger partial charge in [0.25, 0.3) is 0 Å². The van der Waals surface area contributed by atoms with Gasteiger partial charge in [-0.25, -0.2) is 9.18 Å². The summed E-state index contributed by atoms with van der Waals surface area (Å²) in [6.45, 7) is 1.79. The summed E-state index contributed by atoms with van der Waals surface area (Å²) in [5, 5.41) is 8.75. The van der Waals surface area contributed by atoms with Crippen LogP contribution in [0.3, 0.4) is 0 Å². The molecule has 0 fully saturated rings. The number of benzene rings is 1. The molecule has 0 amide bonds. The Morgan fingerprint density at radius 1 is 1.62 bits per heavy atom. The van der Waals surface area contributed by atoms with Crippen LogP contribution >= 0.6 is 15.9 Å². The standard InChI is InChI=1S/C11H10BrFO3/c1-7-2-3-9(13)10(4-7)16-8(6-12)5-11(14)15/h2-5H,6H2,1H3,(H,14,15)/b8-5+. The van der Waals surface area contributed by atoms with Gasteiger partial charge in [0.1, 0.15) is 5.76 Å². The summed E-state index contributed by atoms with van der Waals surface area (Å²) < 4.78 is 18.4. The minimum atomic E-state index is -1.14. The number of carboxylic acid groups (broad SMARTS) is 1. The van der Waals surface area contributed by atoms with Crippen molar-refractivity contribution in [2.45, 2.75) is 6.92 Å². The highest BCUT2D eigenvalue weighted by Crippen LogP contribution is 2.21. The van der Waals surface area contributed by atoms with Gasteiger partial charge in [-0.05, 0) is 24.6 Å². The fraction of sp³-hybridized carbons (Fsp3) is 0.182. The van der Waals surface area contributed by atoms with Gasteiger partial charge in [-0.1, -0.05) is 22.0 Å². The number of rotatable bonds is 4. The fourth-order valence-corrected chi connectivity index (χ4v) is 1.34. The molecule has 0 aromatic heterocycles. The molecule has 1 aromatic carbocycles. The van der Waals surface area contributed by atoms with Gasteiger partial charge in [-0.3, -0.25) is 0 Å². The minimum Gasteiger partial charge on any atom is -0.478 e. The van der Waals surface area contributed by atoms with Gasteiger partial charge in [0.2, 0.25) is 0 Å². The zero-order chi connectivity index (χ0) is 12.1. The van der Waals surface area contributed by atoms with Crippen LogP contribution in [0.15, 0.2) is 30.0 Å². The van der Waals surface area contributed by atoms with E-state index in [2.05, 4.69) is 15.9 Å². The zero-order valence-electron chi connectivity index (χ0n) is 8.54. The molecule has 0 aliphatic heterocycles. The summed E-state index contributed by atoms with van der Waals surface area (Å²) >= 11 is 3.07. The first-order chi connectivity index (χ1) is 7.52. The number of halogens is 2. The monoisotopic (exact) mass is 288 g/mol. The van der Waals surface area contributed by atoms with Gasteiger partial charge in [-0.15, -0.1) is 0 Å². The molecule has 0 radical (unpaired) electrons. The van der Waals surface area contributed by atoms with Gasteiger partial charge in [-0.2, -0.15) is 0 Å². The lowest BCUT2D eigenvalue weighted by molar-refractivity contribution is -0.131. The number of hydrogen-bond acceptors (Lipinski definition) is 2. The Hall–Kier alpha value is -1.36. The molecule has 5 heteroatoms. The van der Waals surface area contributed by atoms with E-state index in [0.29, 0.717) is 0 Å². The van der Waals surface area contributed by atoms with Gasteiger partial charge >= 0.3 is 5.97 Å². The highest BCUT2D eigenvalue weighted by atomic mass is 79.9. The second-order valence-electron chi connectivity index (χ2n) is 3.12. The first-order valence-corrected chi connectivity index (χ1v) is 5.58. The number of ether oxygens (including phenoxy) is 1. The lowest BCUT2D eigenvalue weighted by Gasteiger charge is -2.08. The summed E-state index contributed by atoms with van der Waals surface area (Å²) in [7, 11) is 0. The normalized spacial score (nSPS) is 11.3. The molecule has 0 bridgehead atoms. The third kappa shape index (κ3) is 3.66. The Balaban J connectivity index is 2.94. The van der Waals surface area contributed by atoms with Gasteiger partial charge in [0.15, 0.2) is 11.6 Å². The predicted molar refractivity (Wildman–Crippen MR) is 61.3 cm³/mol. The second kappa shape index (κ2) is 5.65. The van der Waals surface area contributed by atoms with Gasteiger partial charge < -0.3 is 9.84 Å². The van der Waals surface area contributed by atoms with E-state index in [1.807, 2.05) is 0 Å². The molecule has 1 rings (SSSR count). The van der Waals surface area contributed by atoms with Crippen molar-refractivity contribution in [1.82, 2.24) is 0 Å². The third-order valence-electron chi connectivity index (χ3n) is 1.74. The van der Waals surface area contributed by atoms with Crippen LogP contribution in [0.25, 0.3) is 0 Å². The van der Waals surface area contributed by atoms with E-state index in [1.165, 1.54) is 12.1 Å². The van der Waals surface area contributed by atoms with E-state index in [9.17, 15) is 9.18 Å². The highest BCUT2D eigenvalue weighted by molar-refractivity contribution is 9.09. The highest BCUT2D eigenvalue weighted by Gasteiger charge is 2.07. The van der Waals surface area contributed by atoms with Crippen molar-refractivity contribution in [1.29, 1.82) is 0 Å². The number of aryl methyl sites for hydroxylation is 1. The van der Waals surface area contributed by atoms with E-state index in [-0.39, 0.29) is 16.8 Å². The van der Waals surface area contributed by atoms with Crippen molar-refractivity contribution in [3.63, 3.8) is 0 Å². The molecule has 86 valence electrons. The maximum absolute atomic E-state index is 13.3. The Bertz CT molecular complexity index is 429. The number of alkyl halides is 1. The molecular weight excluding hydrogens is 279 g/mol. The van der Waals surface area contributed by atoms with Crippen LogP contribution < -0.4 is 4.74 Å². The Kier molecular flexibility index (Phi) is 4.49. The van der Waals surface area contributed by atoms with Crippen LogP contribution in [-0.4, -0.2) is 16.4 Å². The summed E-state index contributed by atoms with van der Waals surface area (Å²) in [5.41, 5.74) is 0.834. The number of carbonyl (C=O) groups is 1. The van der Waals surface area contributed by atoms with E-state index in [1.54, 1.807) is 13.0 Å². The largest absolute Gasteiger partial charge is 0.478 e. The smallest absolute Gasteiger partial charge is 0.331 e. The molecule has 16 heavy (non-hydrogen) atoms. The first-order valence-electron chi connectivity index (χ1n) is 4.46. The molecule has 0 atom stereocenters. The van der Waals surface area contributed by atoms with Crippen molar-refractivity contribution in [3.8, 4) is 5.75 Å². The third-order valence-corrected chi connectivity index (χ3v) is 2.30. The predicted octanol–water partition coefficient (Wildman–Crippen LogP) is 2.88. The molecular formula is C11H10BrFO3. The number of hydrogen-bond donors (Lipinski definition) is 1. The first kappa shape index (κ1) is 12.7. The molecule has 0 saturated heterocycles. The number of allylic oxidation sites excluding steroid dienone is 1. The van der Waals surface area contributed by atoms with Crippen LogP contribution in [0.4, 0.5) is 4.39 Å². The maximum atomic E-state index is 13.3. The average molecular weight is 289 g/mol. The minimum absolute atomic E-state index is 0.0203. The van der Waals surface area contributed by atoms with Crippen molar-refractivity contribution in [2.75, 3.05) is 5.33 Å². The lowest BCUT2D eigenvalue weighted by Crippen LogP contribution is -2.02. The quantitative estimate of drug-likeness (QED) is 0.526. The van der Waals surface area contributed by atoms with Gasteiger partial charge in [0.05, 0.1) is 11.4 Å². The zero-order valence-corrected chi connectivity index (χ0v) is 10.1. The molecule has 1 aromatic rings. The van der Waals surface area contributed by atoms with Crippen LogP contribution in [0.2, 0.25) is 0 Å². The summed E-state index contributed by atoms with van der Waals surface area (Å²) in [6.07, 6.45) is 0.885. The fourth-order valence-electron chi connectivity index (χ4n) is 1.06. The number of aliphatic carboxylic acids is 1. The van der Waals surface area contributed by atoms with Crippen molar-refractivity contribution in [2.24, 2.45) is 0 Å². The van der Waals surface area contributed by atoms with E-state index in [4.69, 9.17) is 9.84 Å². The Morgan fingerprint density at radius 2 is 2.31 bits per heavy atom. The Labute approximate surface area is 101 Å². The summed E-state index contributed by atoms with van der Waals surface area (Å²) in [6, 6.07) is 4.39. The SMILES string of the molecule is Cc1ccc(F)c(O/C(=C/C(=O)O)CBr)c1. The average Bonchev–Trinajstić information content (AvgIpc) is 2.21.